The van der Waals surface area contributed by atoms with E-state index in [2.05, 4.69) is 21.3 Å². The van der Waals surface area contributed by atoms with E-state index in [0.717, 1.165) is 73.5 Å². The van der Waals surface area contributed by atoms with Crippen molar-refractivity contribution in [1.82, 2.24) is 21.3 Å². The minimum Gasteiger partial charge on any atom is -0.316 e. The largest absolute Gasteiger partial charge is 0.316 e. The molecule has 0 amide bonds. The van der Waals surface area contributed by atoms with E-state index in [-0.39, 0.29) is 0 Å². The van der Waals surface area contributed by atoms with Crippen molar-refractivity contribution in [2.45, 2.75) is 64.5 Å². The first-order valence-electron chi connectivity index (χ1n) is 14.5. The smallest absolute Gasteiger partial charge is 0.0465 e. The van der Waals surface area contributed by atoms with Gasteiger partial charge in [0.25, 0.3) is 0 Å². The Hall–Kier alpha value is 0.140. The van der Waals surface area contributed by atoms with Gasteiger partial charge in [-0.1, -0.05) is 106 Å². The summed E-state index contributed by atoms with van der Waals surface area (Å²) in [7, 11) is 3.95. The Balaban J connectivity index is 1.22. The van der Waals surface area contributed by atoms with Gasteiger partial charge in [0.2, 0.25) is 0 Å². The Morgan fingerprint density at radius 3 is 1.20 bits per heavy atom. The molecule has 2 aromatic carbocycles. The molecule has 0 radical (unpaired) electrons. The van der Waals surface area contributed by atoms with Crippen LogP contribution in [0.3, 0.4) is 0 Å². The summed E-state index contributed by atoms with van der Waals surface area (Å²) < 4.78 is 0. The molecule has 0 bridgehead atoms. The van der Waals surface area contributed by atoms with E-state index in [4.69, 9.17) is 46.4 Å². The molecule has 0 aliphatic rings. The van der Waals surface area contributed by atoms with Gasteiger partial charge in [-0.25, -0.2) is 0 Å². The van der Waals surface area contributed by atoms with Gasteiger partial charge in [-0.2, -0.15) is 0 Å². The van der Waals surface area contributed by atoms with E-state index in [0.29, 0.717) is 10.0 Å². The maximum atomic E-state index is 6.21. The van der Waals surface area contributed by atoms with Crippen LogP contribution < -0.4 is 21.3 Å². The Labute approximate surface area is 270 Å². The minimum atomic E-state index is 0.684. The molecule has 0 aromatic heterocycles. The molecule has 0 saturated heterocycles. The van der Waals surface area contributed by atoms with Crippen molar-refractivity contribution in [3.05, 3.63) is 67.6 Å². The second-order valence-electron chi connectivity index (χ2n) is 9.80. The van der Waals surface area contributed by atoms with E-state index in [1.165, 1.54) is 62.9 Å². The van der Waals surface area contributed by atoms with E-state index >= 15 is 0 Å². The van der Waals surface area contributed by atoms with Gasteiger partial charge in [-0.15, -0.1) is 0 Å². The third kappa shape index (κ3) is 18.6. The molecule has 0 heterocycles. The number of benzene rings is 2. The van der Waals surface area contributed by atoms with Crippen LogP contribution in [0.5, 0.6) is 0 Å². The van der Waals surface area contributed by atoms with Crippen molar-refractivity contribution in [3.8, 4) is 0 Å². The van der Waals surface area contributed by atoms with Crippen LogP contribution in [0.25, 0.3) is 0 Å². The Morgan fingerprint density at radius 1 is 0.450 bits per heavy atom. The first kappa shape index (κ1) is 36.3. The molecule has 0 fully saturated rings. The van der Waals surface area contributed by atoms with Crippen LogP contribution in [0.2, 0.25) is 20.1 Å². The lowest BCUT2D eigenvalue weighted by molar-refractivity contribution is 0.569. The van der Waals surface area contributed by atoms with E-state index in [1.54, 1.807) is 12.1 Å². The van der Waals surface area contributed by atoms with Crippen LogP contribution in [0.1, 0.15) is 62.5 Å². The first-order valence-corrected chi connectivity index (χ1v) is 18.5. The highest BCUT2D eigenvalue weighted by Crippen LogP contribution is 2.22. The van der Waals surface area contributed by atoms with E-state index in [1.807, 2.05) is 45.9 Å². The predicted molar refractivity (Wildman–Crippen MR) is 184 cm³/mol. The van der Waals surface area contributed by atoms with Gasteiger partial charge >= 0.3 is 0 Å². The molecule has 4 nitrogen and oxygen atoms in total. The zero-order chi connectivity index (χ0) is 28.7. The molecule has 0 spiro atoms. The van der Waals surface area contributed by atoms with Crippen molar-refractivity contribution in [1.29, 1.82) is 0 Å². The fraction of sp³-hybridized carbons (Fsp3) is 0.600. The van der Waals surface area contributed by atoms with Crippen molar-refractivity contribution in [2.75, 3.05) is 50.8 Å². The number of rotatable bonds is 25. The lowest BCUT2D eigenvalue weighted by Gasteiger charge is -2.08. The lowest BCUT2D eigenvalue weighted by Crippen LogP contribution is -2.19. The molecule has 4 N–H and O–H groups in total. The summed E-state index contributed by atoms with van der Waals surface area (Å²) in [6, 6.07) is 11.4. The predicted octanol–water partition coefficient (Wildman–Crippen LogP) is 8.86. The summed E-state index contributed by atoms with van der Waals surface area (Å²) in [5.74, 6) is 2.33. The normalized spacial score (nSPS) is 11.4. The molecule has 0 unspecified atom stereocenters. The maximum Gasteiger partial charge on any atom is 0.0465 e. The Morgan fingerprint density at radius 2 is 0.825 bits per heavy atom. The highest BCUT2D eigenvalue weighted by molar-refractivity contribution is 8.76. The number of hydrogen-bond acceptors (Lipinski definition) is 6. The summed E-state index contributed by atoms with van der Waals surface area (Å²) in [6.45, 7) is 8.07. The maximum absolute atomic E-state index is 6.21. The van der Waals surface area contributed by atoms with Crippen LogP contribution in [-0.2, 0) is 13.1 Å². The van der Waals surface area contributed by atoms with Crippen molar-refractivity contribution in [2.24, 2.45) is 0 Å². The standard InChI is InChI=1S/C30H46Cl4N4S2/c31-27-11-9-25(29(33)21-27)23-37-15-7-3-1-5-13-35-17-19-39-40-20-18-36-14-6-2-4-8-16-38-24-26-10-12-28(32)22-30(26)34/h9-12,21-22,35-38H,1-8,13-20,23-24H2. The summed E-state index contributed by atoms with van der Waals surface area (Å²) in [5.41, 5.74) is 2.21. The van der Waals surface area contributed by atoms with Gasteiger partial charge in [-0.3, -0.25) is 0 Å². The second kappa shape index (κ2) is 24.6. The number of hydrogen-bond donors (Lipinski definition) is 4. The molecule has 0 aliphatic carbocycles. The van der Waals surface area contributed by atoms with Crippen molar-refractivity contribution >= 4 is 68.0 Å². The Kier molecular flexibility index (Phi) is 22.3. The SMILES string of the molecule is Clc1ccc(CNCCCCCCNCCSSCCNCCCCCCNCc2ccc(Cl)cc2Cl)c(Cl)c1. The zero-order valence-corrected chi connectivity index (χ0v) is 28.2. The molecule has 0 saturated carbocycles. The van der Waals surface area contributed by atoms with Gasteiger partial charge in [-0.05, 0) is 87.3 Å². The van der Waals surface area contributed by atoms with Gasteiger partial charge in [0.05, 0.1) is 0 Å². The summed E-state index contributed by atoms with van der Waals surface area (Å²) >= 11 is 24.3. The molecule has 10 heteroatoms. The monoisotopic (exact) mass is 666 g/mol. The molecule has 0 atom stereocenters. The number of halogens is 4. The van der Waals surface area contributed by atoms with Crippen molar-refractivity contribution in [3.63, 3.8) is 0 Å². The van der Waals surface area contributed by atoms with Gasteiger partial charge in [0.15, 0.2) is 0 Å². The van der Waals surface area contributed by atoms with Crippen LogP contribution in [-0.4, -0.2) is 50.8 Å². The molecule has 40 heavy (non-hydrogen) atoms. The Bertz CT molecular complexity index is 850. The summed E-state index contributed by atoms with van der Waals surface area (Å²) in [5, 5.41) is 16.9. The third-order valence-electron chi connectivity index (χ3n) is 6.38. The topological polar surface area (TPSA) is 48.1 Å². The highest BCUT2D eigenvalue weighted by atomic mass is 35.5. The summed E-state index contributed by atoms with van der Waals surface area (Å²) in [4.78, 5) is 0. The molecule has 226 valence electrons. The molecule has 2 rings (SSSR count). The van der Waals surface area contributed by atoms with Crippen LogP contribution >= 0.6 is 68.0 Å². The highest BCUT2D eigenvalue weighted by Gasteiger charge is 2.02. The van der Waals surface area contributed by atoms with Gasteiger partial charge < -0.3 is 21.3 Å². The van der Waals surface area contributed by atoms with E-state index < -0.39 is 0 Å². The third-order valence-corrected chi connectivity index (χ3v) is 9.97. The average molecular weight is 669 g/mol. The van der Waals surface area contributed by atoms with Gasteiger partial charge in [0.1, 0.15) is 0 Å². The average Bonchev–Trinajstić information content (AvgIpc) is 2.93. The zero-order valence-electron chi connectivity index (χ0n) is 23.5. The van der Waals surface area contributed by atoms with Crippen LogP contribution in [0, 0.1) is 0 Å². The molecular weight excluding hydrogens is 622 g/mol. The van der Waals surface area contributed by atoms with Crippen molar-refractivity contribution < 1.29 is 0 Å². The fourth-order valence-corrected chi connectivity index (χ4v) is 6.93. The van der Waals surface area contributed by atoms with Crippen LogP contribution in [0.15, 0.2) is 36.4 Å². The van der Waals surface area contributed by atoms with Crippen LogP contribution in [0.4, 0.5) is 0 Å². The second-order valence-corrected chi connectivity index (χ2v) is 14.2. The fourth-order valence-electron chi connectivity index (χ4n) is 4.08. The van der Waals surface area contributed by atoms with Gasteiger partial charge in [0, 0.05) is 57.8 Å². The lowest BCUT2D eigenvalue weighted by atomic mass is 10.2. The number of nitrogens with one attached hydrogen (secondary N) is 4. The summed E-state index contributed by atoms with van der Waals surface area (Å²) in [6.07, 6.45) is 9.98. The minimum absolute atomic E-state index is 0.684. The molecule has 0 aliphatic heterocycles. The molecule has 2 aromatic rings. The first-order chi connectivity index (χ1) is 19.6. The molecular formula is C30H46Cl4N4S2. The van der Waals surface area contributed by atoms with E-state index in [9.17, 15) is 0 Å². The quantitative estimate of drug-likeness (QED) is 0.0627. The number of unbranched alkanes of at least 4 members (excludes halogenated alkanes) is 6.